The number of hydrogen-bond acceptors (Lipinski definition) is 3. The number of nitriles is 1. The summed E-state index contributed by atoms with van der Waals surface area (Å²) in [5, 5.41) is 11.5. The van der Waals surface area contributed by atoms with Crippen LogP contribution in [0.15, 0.2) is 48.5 Å². The number of nitrogens with zero attached hydrogens (tertiary/aromatic N) is 1. The maximum atomic E-state index is 10.8. The van der Waals surface area contributed by atoms with E-state index in [1.165, 1.54) is 0 Å². The summed E-state index contributed by atoms with van der Waals surface area (Å²) in [4.78, 5) is 10.8. The van der Waals surface area contributed by atoms with Crippen molar-refractivity contribution in [3.8, 4) is 6.07 Å². The summed E-state index contributed by atoms with van der Waals surface area (Å²) in [7, 11) is 0. The number of aryl methyl sites for hydroxylation is 1. The van der Waals surface area contributed by atoms with Crippen LogP contribution in [0.25, 0.3) is 11.4 Å². The molecule has 0 fully saturated rings. The lowest BCUT2D eigenvalue weighted by Gasteiger charge is -2.12. The van der Waals surface area contributed by atoms with E-state index in [0.717, 1.165) is 16.7 Å². The van der Waals surface area contributed by atoms with E-state index < -0.39 is 0 Å². The second-order valence-corrected chi connectivity index (χ2v) is 4.61. The van der Waals surface area contributed by atoms with Crippen LogP contribution in [0.5, 0.6) is 0 Å². The van der Waals surface area contributed by atoms with Gasteiger partial charge in [-0.2, -0.15) is 5.26 Å². The van der Waals surface area contributed by atoms with Crippen LogP contribution >= 0.6 is 0 Å². The van der Waals surface area contributed by atoms with E-state index in [1.54, 1.807) is 24.3 Å². The molecule has 0 aliphatic heterocycles. The topological polar surface area (TPSA) is 78.9 Å². The van der Waals surface area contributed by atoms with Crippen LogP contribution < -0.4 is 11.1 Å². The molecule has 0 saturated heterocycles. The minimum absolute atomic E-state index is 0.454. The Balaban J connectivity index is 2.49. The van der Waals surface area contributed by atoms with Gasteiger partial charge in [0.2, 0.25) is 6.41 Å². The lowest BCUT2D eigenvalue weighted by molar-refractivity contribution is -0.108. The smallest absolute Gasteiger partial charge is 0.211 e. The maximum Gasteiger partial charge on any atom is 0.211 e. The van der Waals surface area contributed by atoms with E-state index in [9.17, 15) is 4.79 Å². The number of carbonyl (C=O) groups excluding carboxylic acids is 1. The third-order valence-corrected chi connectivity index (χ3v) is 3.14. The molecule has 2 aromatic carbocycles. The molecule has 0 bridgehead atoms. The zero-order valence-electron chi connectivity index (χ0n) is 11.6. The molecule has 0 aromatic heterocycles. The fourth-order valence-corrected chi connectivity index (χ4v) is 1.96. The molecule has 21 heavy (non-hydrogen) atoms. The first kappa shape index (κ1) is 14.4. The van der Waals surface area contributed by atoms with Gasteiger partial charge in [0.05, 0.1) is 23.0 Å². The normalized spacial score (nSPS) is 11.2. The number of nitrogens with two attached hydrogens (primary N) is 1. The second kappa shape index (κ2) is 6.40. The number of hydrogen-bond donors (Lipinski definition) is 2. The number of nitrogens with one attached hydrogen (secondary N) is 1. The van der Waals surface area contributed by atoms with Gasteiger partial charge in [-0.25, -0.2) is 0 Å². The van der Waals surface area contributed by atoms with Crippen molar-refractivity contribution in [3.63, 3.8) is 0 Å². The molecule has 3 N–H and O–H groups in total. The fraction of sp³-hybridized carbons (Fsp3) is 0.0588. The highest BCUT2D eigenvalue weighted by atomic mass is 16.1. The van der Waals surface area contributed by atoms with E-state index in [-0.39, 0.29) is 0 Å². The summed E-state index contributed by atoms with van der Waals surface area (Å²) in [6.07, 6.45) is 0.603. The molecule has 1 amide bonds. The Labute approximate surface area is 123 Å². The van der Waals surface area contributed by atoms with Gasteiger partial charge in [-0.05, 0) is 24.6 Å². The predicted octanol–water partition coefficient (Wildman–Crippen LogP) is 2.40. The van der Waals surface area contributed by atoms with Crippen LogP contribution in [0.4, 0.5) is 0 Å². The Morgan fingerprint density at radius 2 is 1.67 bits per heavy atom. The maximum absolute atomic E-state index is 10.8. The lowest BCUT2D eigenvalue weighted by Crippen LogP contribution is -2.15. The van der Waals surface area contributed by atoms with Crippen molar-refractivity contribution in [1.29, 1.82) is 5.26 Å². The quantitative estimate of drug-likeness (QED) is 0.665. The summed E-state index contributed by atoms with van der Waals surface area (Å²) < 4.78 is 0. The van der Waals surface area contributed by atoms with Crippen molar-refractivity contribution in [2.75, 3.05) is 0 Å². The van der Waals surface area contributed by atoms with Gasteiger partial charge in [0.1, 0.15) is 0 Å². The van der Waals surface area contributed by atoms with E-state index in [1.807, 2.05) is 31.2 Å². The average molecular weight is 277 g/mol. The number of rotatable bonds is 4. The first-order valence-electron chi connectivity index (χ1n) is 6.43. The molecule has 104 valence electrons. The van der Waals surface area contributed by atoms with Crippen LogP contribution in [-0.4, -0.2) is 6.41 Å². The van der Waals surface area contributed by atoms with Crippen LogP contribution in [-0.2, 0) is 4.79 Å². The molecule has 0 unspecified atom stereocenters. The summed E-state index contributed by atoms with van der Waals surface area (Å²) in [6.45, 7) is 1.99. The van der Waals surface area contributed by atoms with Crippen molar-refractivity contribution >= 4 is 17.8 Å². The van der Waals surface area contributed by atoms with E-state index in [0.29, 0.717) is 23.4 Å². The van der Waals surface area contributed by atoms with Crippen LogP contribution in [0.3, 0.4) is 0 Å². The lowest BCUT2D eigenvalue weighted by atomic mass is 10.0. The highest BCUT2D eigenvalue weighted by Crippen LogP contribution is 2.21. The van der Waals surface area contributed by atoms with Crippen molar-refractivity contribution in [2.24, 2.45) is 5.73 Å². The Kier molecular flexibility index (Phi) is 4.37. The van der Waals surface area contributed by atoms with E-state index >= 15 is 0 Å². The van der Waals surface area contributed by atoms with Crippen LogP contribution in [0.2, 0.25) is 0 Å². The van der Waals surface area contributed by atoms with Gasteiger partial charge in [-0.1, -0.05) is 42.0 Å². The summed E-state index contributed by atoms with van der Waals surface area (Å²) in [6, 6.07) is 16.7. The molecule has 0 radical (unpaired) electrons. The van der Waals surface area contributed by atoms with Gasteiger partial charge in [0.15, 0.2) is 0 Å². The summed E-state index contributed by atoms with van der Waals surface area (Å²) in [5.41, 5.74) is 10.4. The zero-order chi connectivity index (χ0) is 15.2. The molecule has 0 saturated carbocycles. The van der Waals surface area contributed by atoms with Crippen molar-refractivity contribution in [3.05, 3.63) is 70.8 Å². The van der Waals surface area contributed by atoms with Gasteiger partial charge in [0, 0.05) is 5.56 Å². The minimum atomic E-state index is 0.454. The minimum Gasteiger partial charge on any atom is -0.397 e. The Morgan fingerprint density at radius 3 is 2.19 bits per heavy atom. The summed E-state index contributed by atoms with van der Waals surface area (Å²) >= 11 is 0. The molecule has 4 heteroatoms. The Bertz CT molecular complexity index is 707. The van der Waals surface area contributed by atoms with Crippen LogP contribution in [0, 0.1) is 18.3 Å². The molecule has 0 aliphatic rings. The fourth-order valence-electron chi connectivity index (χ4n) is 1.96. The number of amides is 1. The third kappa shape index (κ3) is 3.28. The molecule has 0 atom stereocenters. The van der Waals surface area contributed by atoms with Crippen molar-refractivity contribution < 1.29 is 4.79 Å². The van der Waals surface area contributed by atoms with Gasteiger partial charge in [-0.3, -0.25) is 4.79 Å². The molecular formula is C17H15N3O. The molecule has 2 rings (SSSR count). The van der Waals surface area contributed by atoms with E-state index in [2.05, 4.69) is 11.4 Å². The van der Waals surface area contributed by atoms with Crippen molar-refractivity contribution in [1.82, 2.24) is 5.32 Å². The van der Waals surface area contributed by atoms with Gasteiger partial charge >= 0.3 is 0 Å². The first-order valence-corrected chi connectivity index (χ1v) is 6.43. The summed E-state index contributed by atoms with van der Waals surface area (Å²) in [5.74, 6) is 0. The standard InChI is InChI=1S/C17H15N3O/c1-12-2-6-15(7-3-12)17(20-11-21)16(19)14-8-4-13(10-18)5-9-14/h2-9,11H,19H2,1H3,(H,20,21)/b17-16-. The Morgan fingerprint density at radius 1 is 1.10 bits per heavy atom. The first-order chi connectivity index (χ1) is 10.2. The van der Waals surface area contributed by atoms with Gasteiger partial charge < -0.3 is 11.1 Å². The zero-order valence-corrected chi connectivity index (χ0v) is 11.6. The van der Waals surface area contributed by atoms with Crippen molar-refractivity contribution in [2.45, 2.75) is 6.92 Å². The largest absolute Gasteiger partial charge is 0.397 e. The van der Waals surface area contributed by atoms with Gasteiger partial charge in [-0.15, -0.1) is 0 Å². The van der Waals surface area contributed by atoms with Gasteiger partial charge in [0.25, 0.3) is 0 Å². The molecule has 0 aliphatic carbocycles. The molecule has 0 spiro atoms. The average Bonchev–Trinajstić information content (AvgIpc) is 2.53. The highest BCUT2D eigenvalue weighted by Gasteiger charge is 2.08. The Hall–Kier alpha value is -3.06. The second-order valence-electron chi connectivity index (χ2n) is 4.61. The SMILES string of the molecule is Cc1ccc(/C(NC=O)=C(/N)c2ccc(C#N)cc2)cc1. The molecule has 2 aromatic rings. The number of carbonyl (C=O) groups is 1. The number of benzene rings is 2. The monoisotopic (exact) mass is 277 g/mol. The molecule has 0 heterocycles. The predicted molar refractivity (Wildman–Crippen MR) is 82.5 cm³/mol. The van der Waals surface area contributed by atoms with Crippen LogP contribution in [0.1, 0.15) is 22.3 Å². The molecular weight excluding hydrogens is 262 g/mol. The molecule has 4 nitrogen and oxygen atoms in total. The van der Waals surface area contributed by atoms with E-state index in [4.69, 9.17) is 11.0 Å². The highest BCUT2D eigenvalue weighted by molar-refractivity contribution is 5.92. The third-order valence-electron chi connectivity index (χ3n) is 3.14.